The van der Waals surface area contributed by atoms with E-state index >= 15 is 0 Å². The van der Waals surface area contributed by atoms with Crippen LogP contribution in [-0.4, -0.2) is 2.78 Å². The molecule has 2 nitrogen and oxygen atoms in total. The first-order valence-electron chi connectivity index (χ1n) is 2.55. The summed E-state index contributed by atoms with van der Waals surface area (Å²) in [7, 11) is 0. The lowest BCUT2D eigenvalue weighted by Gasteiger charge is -1.92. The van der Waals surface area contributed by atoms with Gasteiger partial charge in [-0.3, -0.25) is 7.58 Å². The van der Waals surface area contributed by atoms with Crippen LogP contribution in [0.15, 0.2) is 23.3 Å². The molecule has 48 valence electrons. The third-order valence-corrected chi connectivity index (χ3v) is 1.67. The third kappa shape index (κ3) is 1.54. The van der Waals surface area contributed by atoms with E-state index in [1.165, 1.54) is 0 Å². The van der Waals surface area contributed by atoms with Crippen molar-refractivity contribution in [3.63, 3.8) is 0 Å². The van der Waals surface area contributed by atoms with Gasteiger partial charge in [0, 0.05) is 24.0 Å². The van der Waals surface area contributed by atoms with E-state index in [1.54, 1.807) is 25.4 Å². The van der Waals surface area contributed by atoms with Crippen LogP contribution in [0.1, 0.15) is 5.56 Å². The van der Waals surface area contributed by atoms with E-state index < -0.39 is 0 Å². The first-order valence-corrected chi connectivity index (χ1v) is 3.52. The predicted octanol–water partition coefficient (Wildman–Crippen LogP) is 1.35. The zero-order valence-electron chi connectivity index (χ0n) is 4.97. The maximum atomic E-state index is 10.8. The largest absolute Gasteiger partial charge is 0.297 e. The van der Waals surface area contributed by atoms with E-state index in [0.717, 1.165) is 5.56 Å². The molecule has 0 aliphatic heterocycles. The van der Waals surface area contributed by atoms with Crippen molar-refractivity contribution in [3.05, 3.63) is 34.2 Å². The number of halogens is 1. The number of aryl methyl sites for hydroxylation is 1. The average Bonchev–Trinajstić information content (AvgIpc) is 1.80. The molecule has 0 fully saturated rings. The zero-order valence-corrected chi connectivity index (χ0v) is 7.12. The topological polar surface area (TPSA) is 22.0 Å². The molecule has 0 unspecified atom stereocenters. The predicted molar refractivity (Wildman–Crippen MR) is 44.9 cm³/mol. The second-order valence-electron chi connectivity index (χ2n) is 1.84. The molecule has 0 atom stereocenters. The van der Waals surface area contributed by atoms with Crippen LogP contribution in [0.3, 0.4) is 0 Å². The summed E-state index contributed by atoms with van der Waals surface area (Å²) in [5.41, 5.74) is 0.884. The Hall–Kier alpha value is -0.320. The van der Waals surface area contributed by atoms with Crippen molar-refractivity contribution >= 4 is 22.9 Å². The minimum Gasteiger partial charge on any atom is -0.297 e. The zero-order chi connectivity index (χ0) is 6.85. The monoisotopic (exact) mass is 235 g/mol. The van der Waals surface area contributed by atoms with E-state index in [4.69, 9.17) is 0 Å². The molecule has 9 heavy (non-hydrogen) atoms. The Labute approximate surface area is 67.0 Å². The van der Waals surface area contributed by atoms with Gasteiger partial charge in [-0.1, -0.05) is 0 Å². The average molecular weight is 235 g/mol. The standard InChI is InChI=1S/C6H6INO/c1-5-4-8(7)3-2-6(5)9/h2-4H,1H3. The van der Waals surface area contributed by atoms with E-state index in [-0.39, 0.29) is 5.43 Å². The number of aromatic nitrogens is 1. The SMILES string of the molecule is Cc1cn(I)ccc1=O. The maximum Gasteiger partial charge on any atom is 0.184 e. The molecule has 1 aromatic heterocycles. The van der Waals surface area contributed by atoms with Crippen LogP contribution in [0, 0.1) is 6.92 Å². The first kappa shape index (κ1) is 6.80. The molecule has 0 amide bonds. The quantitative estimate of drug-likeness (QED) is 0.622. The van der Waals surface area contributed by atoms with Gasteiger partial charge < -0.3 is 0 Å². The number of pyridine rings is 1. The van der Waals surface area contributed by atoms with E-state index in [9.17, 15) is 4.79 Å². The number of nitrogens with zero attached hydrogens (tertiary/aromatic N) is 1. The Balaban J connectivity index is 3.34. The summed E-state index contributed by atoms with van der Waals surface area (Å²) in [4.78, 5) is 10.8. The smallest absolute Gasteiger partial charge is 0.184 e. The molecule has 0 radical (unpaired) electrons. The van der Waals surface area contributed by atoms with E-state index in [2.05, 4.69) is 22.9 Å². The minimum absolute atomic E-state index is 0.0999. The van der Waals surface area contributed by atoms with Gasteiger partial charge in [0.25, 0.3) is 0 Å². The molecule has 0 aliphatic rings. The number of hydrogen-bond donors (Lipinski definition) is 0. The molecular formula is C6H6INO. The summed E-state index contributed by atoms with van der Waals surface area (Å²) in [6, 6.07) is 1.56. The molecular weight excluding hydrogens is 229 g/mol. The summed E-state index contributed by atoms with van der Waals surface area (Å²) in [5, 5.41) is 0. The van der Waals surface area contributed by atoms with Crippen LogP contribution < -0.4 is 5.43 Å². The third-order valence-electron chi connectivity index (χ3n) is 1.07. The highest BCUT2D eigenvalue weighted by Crippen LogP contribution is 1.93. The summed E-state index contributed by atoms with van der Waals surface area (Å²) >= 11 is 2.10. The van der Waals surface area contributed by atoms with E-state index in [0.29, 0.717) is 0 Å². The Kier molecular flexibility index (Phi) is 1.90. The Morgan fingerprint density at radius 1 is 1.67 bits per heavy atom. The Morgan fingerprint density at radius 2 is 2.33 bits per heavy atom. The van der Waals surface area contributed by atoms with Gasteiger partial charge in [0.15, 0.2) is 5.43 Å². The van der Waals surface area contributed by atoms with Crippen molar-refractivity contribution in [2.75, 3.05) is 0 Å². The number of hydrogen-bond acceptors (Lipinski definition) is 1. The van der Waals surface area contributed by atoms with Crippen LogP contribution >= 0.6 is 22.9 Å². The highest BCUT2D eigenvalue weighted by atomic mass is 127. The summed E-state index contributed by atoms with van der Waals surface area (Å²) in [5.74, 6) is 0. The van der Waals surface area contributed by atoms with Crippen molar-refractivity contribution in [2.24, 2.45) is 0 Å². The van der Waals surface area contributed by atoms with E-state index in [1.807, 2.05) is 2.78 Å². The molecule has 0 saturated carbocycles. The highest BCUT2D eigenvalue weighted by molar-refractivity contribution is 14.1. The van der Waals surface area contributed by atoms with Crippen LogP contribution in [0.25, 0.3) is 0 Å². The fraction of sp³-hybridized carbons (Fsp3) is 0.167. The van der Waals surface area contributed by atoms with Crippen molar-refractivity contribution in [2.45, 2.75) is 6.92 Å². The van der Waals surface area contributed by atoms with Gasteiger partial charge in [-0.25, -0.2) is 0 Å². The van der Waals surface area contributed by atoms with Gasteiger partial charge in [0.1, 0.15) is 0 Å². The maximum absolute atomic E-state index is 10.8. The van der Waals surface area contributed by atoms with Gasteiger partial charge in [0.2, 0.25) is 0 Å². The van der Waals surface area contributed by atoms with Gasteiger partial charge in [-0.2, -0.15) is 0 Å². The molecule has 1 aromatic rings. The highest BCUT2D eigenvalue weighted by Gasteiger charge is 1.88. The second kappa shape index (κ2) is 2.51. The Morgan fingerprint density at radius 3 is 2.78 bits per heavy atom. The van der Waals surface area contributed by atoms with Crippen LogP contribution in [0.4, 0.5) is 0 Å². The van der Waals surface area contributed by atoms with Crippen LogP contribution in [-0.2, 0) is 0 Å². The fourth-order valence-corrected chi connectivity index (χ4v) is 1.14. The summed E-state index contributed by atoms with van der Waals surface area (Å²) < 4.78 is 1.83. The molecule has 0 spiro atoms. The van der Waals surface area contributed by atoms with Crippen LogP contribution in [0.2, 0.25) is 0 Å². The Bertz CT molecular complexity index is 266. The lowest BCUT2D eigenvalue weighted by molar-refractivity contribution is 1.21. The molecule has 0 aromatic carbocycles. The summed E-state index contributed by atoms with van der Waals surface area (Å²) in [6.45, 7) is 1.80. The fourth-order valence-electron chi connectivity index (χ4n) is 0.562. The van der Waals surface area contributed by atoms with Crippen molar-refractivity contribution in [1.29, 1.82) is 0 Å². The summed E-state index contributed by atoms with van der Waals surface area (Å²) in [6.07, 6.45) is 3.53. The number of rotatable bonds is 0. The molecule has 0 N–H and O–H groups in total. The molecule has 0 bridgehead atoms. The van der Waals surface area contributed by atoms with Gasteiger partial charge in [0.05, 0.1) is 22.9 Å². The minimum atomic E-state index is 0.0999. The van der Waals surface area contributed by atoms with Crippen LogP contribution in [0.5, 0.6) is 0 Å². The molecule has 1 rings (SSSR count). The molecule has 1 heterocycles. The molecule has 0 saturated heterocycles. The van der Waals surface area contributed by atoms with Crippen molar-refractivity contribution in [3.8, 4) is 0 Å². The van der Waals surface area contributed by atoms with Gasteiger partial charge >= 0.3 is 0 Å². The normalized spacial score (nSPS) is 9.56. The first-order chi connectivity index (χ1) is 4.20. The van der Waals surface area contributed by atoms with Gasteiger partial charge in [-0.15, -0.1) is 0 Å². The second-order valence-corrected chi connectivity index (χ2v) is 2.95. The van der Waals surface area contributed by atoms with Crippen molar-refractivity contribution in [1.82, 2.24) is 2.78 Å². The van der Waals surface area contributed by atoms with Crippen molar-refractivity contribution < 1.29 is 0 Å². The molecule has 3 heteroatoms. The lowest BCUT2D eigenvalue weighted by Crippen LogP contribution is -2.03. The lowest BCUT2D eigenvalue weighted by atomic mass is 10.3. The molecule has 0 aliphatic carbocycles. The van der Waals surface area contributed by atoms with Gasteiger partial charge in [-0.05, 0) is 6.92 Å².